The van der Waals surface area contributed by atoms with E-state index in [4.69, 9.17) is 5.73 Å². The summed E-state index contributed by atoms with van der Waals surface area (Å²) in [5, 5.41) is 3.72. The van der Waals surface area contributed by atoms with Gasteiger partial charge in [0.1, 0.15) is 5.82 Å². The Kier molecular flexibility index (Phi) is 6.13. The van der Waals surface area contributed by atoms with Crippen LogP contribution >= 0.6 is 11.8 Å². The summed E-state index contributed by atoms with van der Waals surface area (Å²) in [6.07, 6.45) is 3.99. The quantitative estimate of drug-likeness (QED) is 0.835. The van der Waals surface area contributed by atoms with E-state index in [9.17, 15) is 0 Å². The molecule has 0 aromatic carbocycles. The maximum absolute atomic E-state index is 5.79. The Hall–Kier alpha value is -0.780. The zero-order chi connectivity index (χ0) is 14.4. The second-order valence-corrected chi connectivity index (χ2v) is 6.63. The minimum Gasteiger partial charge on any atom is -0.384 e. The molecule has 1 fully saturated rings. The molecule has 1 aliphatic rings. The smallest absolute Gasteiger partial charge is 0.123 e. The first-order valence-electron chi connectivity index (χ1n) is 7.42. The minimum atomic E-state index is 0.481. The number of pyridine rings is 1. The second-order valence-electron chi connectivity index (χ2n) is 5.48. The maximum Gasteiger partial charge on any atom is 0.123 e. The van der Waals surface area contributed by atoms with Gasteiger partial charge in [-0.05, 0) is 44.1 Å². The van der Waals surface area contributed by atoms with Crippen LogP contribution in [-0.2, 0) is 6.42 Å². The molecule has 1 aromatic heterocycles. The summed E-state index contributed by atoms with van der Waals surface area (Å²) >= 11 is 2.06. The molecule has 1 saturated heterocycles. The number of aromatic nitrogens is 1. The van der Waals surface area contributed by atoms with Crippen LogP contribution in [0.3, 0.4) is 0 Å². The van der Waals surface area contributed by atoms with E-state index in [0.29, 0.717) is 17.9 Å². The van der Waals surface area contributed by atoms with Gasteiger partial charge in [0.15, 0.2) is 0 Å². The topological polar surface area (TPSA) is 54.2 Å². The number of nitrogens with one attached hydrogen (secondary N) is 1. The first kappa shape index (κ1) is 15.6. The number of anilines is 1. The molecular weight excluding hydrogens is 268 g/mol. The number of likely N-dealkylation sites (N-methyl/N-ethyl adjacent to an activating group) is 1. The molecular formula is C15H26N4S. The fourth-order valence-electron chi connectivity index (χ4n) is 2.68. The molecule has 1 aromatic rings. The standard InChI is InChI=1S/C15H26N4S/c1-3-5-17-13(14-11-20-8-7-19(14)2)9-12-4-6-18-15(16)10-12/h4,6,10,13-14,17H,3,5,7-9,11H2,1-2H3,(H2,16,18). The fraction of sp³-hybridized carbons (Fsp3) is 0.667. The van der Waals surface area contributed by atoms with E-state index < -0.39 is 0 Å². The van der Waals surface area contributed by atoms with Gasteiger partial charge in [-0.1, -0.05) is 6.92 Å². The van der Waals surface area contributed by atoms with Gasteiger partial charge in [0, 0.05) is 36.3 Å². The van der Waals surface area contributed by atoms with Crippen molar-refractivity contribution in [3.63, 3.8) is 0 Å². The van der Waals surface area contributed by atoms with Crippen LogP contribution in [0.2, 0.25) is 0 Å². The Labute approximate surface area is 126 Å². The average Bonchev–Trinajstić information content (AvgIpc) is 2.44. The van der Waals surface area contributed by atoms with Gasteiger partial charge in [0.2, 0.25) is 0 Å². The number of nitrogens with zero attached hydrogens (tertiary/aromatic N) is 2. The summed E-state index contributed by atoms with van der Waals surface area (Å²) in [6.45, 7) is 4.46. The molecule has 0 saturated carbocycles. The third-order valence-electron chi connectivity index (χ3n) is 3.87. The summed E-state index contributed by atoms with van der Waals surface area (Å²) in [7, 11) is 2.24. The van der Waals surface area contributed by atoms with Gasteiger partial charge >= 0.3 is 0 Å². The molecule has 112 valence electrons. The monoisotopic (exact) mass is 294 g/mol. The van der Waals surface area contributed by atoms with Crippen molar-refractivity contribution in [2.24, 2.45) is 0 Å². The molecule has 2 atom stereocenters. The van der Waals surface area contributed by atoms with E-state index >= 15 is 0 Å². The number of hydrogen-bond acceptors (Lipinski definition) is 5. The number of rotatable bonds is 6. The van der Waals surface area contributed by atoms with Crippen LogP contribution in [0.5, 0.6) is 0 Å². The highest BCUT2D eigenvalue weighted by atomic mass is 32.2. The SMILES string of the molecule is CCCNC(Cc1ccnc(N)c1)C1CSCCN1C. The first-order chi connectivity index (χ1) is 9.70. The molecule has 0 bridgehead atoms. The Morgan fingerprint density at radius 3 is 3.15 bits per heavy atom. The molecule has 3 N–H and O–H groups in total. The Balaban J connectivity index is 2.06. The van der Waals surface area contributed by atoms with Crippen molar-refractivity contribution < 1.29 is 0 Å². The normalized spacial score (nSPS) is 21.8. The van der Waals surface area contributed by atoms with Crippen LogP contribution in [-0.4, -0.2) is 53.6 Å². The molecule has 0 amide bonds. The largest absolute Gasteiger partial charge is 0.384 e. The highest BCUT2D eigenvalue weighted by Crippen LogP contribution is 2.20. The van der Waals surface area contributed by atoms with Crippen molar-refractivity contribution in [2.75, 3.05) is 37.4 Å². The molecule has 20 heavy (non-hydrogen) atoms. The van der Waals surface area contributed by atoms with Crippen LogP contribution < -0.4 is 11.1 Å². The molecule has 1 aliphatic heterocycles. The lowest BCUT2D eigenvalue weighted by atomic mass is 9.99. The Morgan fingerprint density at radius 1 is 1.60 bits per heavy atom. The van der Waals surface area contributed by atoms with Gasteiger partial charge in [0.05, 0.1) is 0 Å². The molecule has 2 heterocycles. The van der Waals surface area contributed by atoms with Gasteiger partial charge in [-0.3, -0.25) is 0 Å². The predicted octanol–water partition coefficient (Wildman–Crippen LogP) is 1.62. The zero-order valence-corrected chi connectivity index (χ0v) is 13.3. The average molecular weight is 294 g/mol. The van der Waals surface area contributed by atoms with Crippen molar-refractivity contribution in [3.05, 3.63) is 23.9 Å². The van der Waals surface area contributed by atoms with Gasteiger partial charge < -0.3 is 16.0 Å². The van der Waals surface area contributed by atoms with Gasteiger partial charge in [-0.25, -0.2) is 4.98 Å². The number of nitrogen functional groups attached to an aromatic ring is 1. The third-order valence-corrected chi connectivity index (χ3v) is 4.91. The highest BCUT2D eigenvalue weighted by molar-refractivity contribution is 7.99. The van der Waals surface area contributed by atoms with Crippen LogP contribution in [0, 0.1) is 0 Å². The molecule has 2 rings (SSSR count). The number of thioether (sulfide) groups is 1. The van der Waals surface area contributed by atoms with E-state index in [1.54, 1.807) is 6.20 Å². The van der Waals surface area contributed by atoms with Gasteiger partial charge in [0.25, 0.3) is 0 Å². The summed E-state index contributed by atoms with van der Waals surface area (Å²) in [5.41, 5.74) is 7.07. The van der Waals surface area contributed by atoms with Crippen LogP contribution in [0.25, 0.3) is 0 Å². The van der Waals surface area contributed by atoms with Crippen LogP contribution in [0.1, 0.15) is 18.9 Å². The van der Waals surface area contributed by atoms with E-state index in [1.807, 2.05) is 6.07 Å². The maximum atomic E-state index is 5.79. The van der Waals surface area contributed by atoms with Crippen molar-refractivity contribution in [2.45, 2.75) is 31.8 Å². The summed E-state index contributed by atoms with van der Waals surface area (Å²) in [4.78, 5) is 6.57. The molecule has 2 unspecified atom stereocenters. The highest BCUT2D eigenvalue weighted by Gasteiger charge is 2.27. The lowest BCUT2D eigenvalue weighted by molar-refractivity contribution is 0.213. The van der Waals surface area contributed by atoms with Crippen molar-refractivity contribution >= 4 is 17.6 Å². The van der Waals surface area contributed by atoms with E-state index in [0.717, 1.165) is 13.0 Å². The zero-order valence-electron chi connectivity index (χ0n) is 12.5. The lowest BCUT2D eigenvalue weighted by Crippen LogP contribution is -2.53. The molecule has 0 radical (unpaired) electrons. The summed E-state index contributed by atoms with van der Waals surface area (Å²) in [6, 6.07) is 5.15. The van der Waals surface area contributed by atoms with E-state index in [2.05, 4.69) is 47.0 Å². The summed E-state index contributed by atoms with van der Waals surface area (Å²) in [5.74, 6) is 3.07. The van der Waals surface area contributed by atoms with Crippen LogP contribution in [0.4, 0.5) is 5.82 Å². The number of nitrogens with two attached hydrogens (primary N) is 1. The summed E-state index contributed by atoms with van der Waals surface area (Å²) < 4.78 is 0. The van der Waals surface area contributed by atoms with Crippen molar-refractivity contribution in [3.8, 4) is 0 Å². The molecule has 4 nitrogen and oxygen atoms in total. The lowest BCUT2D eigenvalue weighted by Gasteiger charge is -2.38. The fourth-order valence-corrected chi connectivity index (χ4v) is 3.99. The molecule has 5 heteroatoms. The van der Waals surface area contributed by atoms with E-state index in [1.165, 1.54) is 30.0 Å². The van der Waals surface area contributed by atoms with Crippen molar-refractivity contribution in [1.29, 1.82) is 0 Å². The van der Waals surface area contributed by atoms with Gasteiger partial charge in [-0.2, -0.15) is 11.8 Å². The molecule has 0 spiro atoms. The van der Waals surface area contributed by atoms with Gasteiger partial charge in [-0.15, -0.1) is 0 Å². The van der Waals surface area contributed by atoms with Crippen molar-refractivity contribution in [1.82, 2.24) is 15.2 Å². The van der Waals surface area contributed by atoms with E-state index in [-0.39, 0.29) is 0 Å². The number of hydrogen-bond donors (Lipinski definition) is 2. The Bertz CT molecular complexity index is 413. The Morgan fingerprint density at radius 2 is 2.45 bits per heavy atom. The second kappa shape index (κ2) is 7.86. The minimum absolute atomic E-state index is 0.481. The third kappa shape index (κ3) is 4.36. The first-order valence-corrected chi connectivity index (χ1v) is 8.58. The molecule has 0 aliphatic carbocycles. The predicted molar refractivity (Wildman–Crippen MR) is 88.2 cm³/mol. The van der Waals surface area contributed by atoms with Crippen LogP contribution in [0.15, 0.2) is 18.3 Å².